The van der Waals surface area contributed by atoms with Crippen LogP contribution in [0, 0.1) is 23.8 Å². The van der Waals surface area contributed by atoms with Crippen molar-refractivity contribution in [3.05, 3.63) is 75.3 Å². The molecule has 1 aromatic carbocycles. The van der Waals surface area contributed by atoms with Crippen molar-refractivity contribution in [2.24, 2.45) is 11.0 Å². The molecule has 0 unspecified atom stereocenters. The molecule has 0 aliphatic carbocycles. The fourth-order valence-electron chi connectivity index (χ4n) is 4.52. The number of aryl methyl sites for hydroxylation is 1. The van der Waals surface area contributed by atoms with Crippen molar-refractivity contribution < 1.29 is 0 Å². The van der Waals surface area contributed by atoms with Gasteiger partial charge in [0.05, 0.1) is 5.69 Å². The molecule has 0 saturated carbocycles. The van der Waals surface area contributed by atoms with Crippen molar-refractivity contribution >= 4 is 17.2 Å². The molecule has 1 aliphatic heterocycles. The minimum atomic E-state index is -0.0454. The van der Waals surface area contributed by atoms with Crippen LogP contribution in [-0.4, -0.2) is 46.3 Å². The van der Waals surface area contributed by atoms with Crippen LogP contribution in [0.2, 0.25) is 0 Å². The second-order valence-electron chi connectivity index (χ2n) is 9.12. The van der Waals surface area contributed by atoms with Gasteiger partial charge in [-0.1, -0.05) is 26.0 Å². The second kappa shape index (κ2) is 9.62. The van der Waals surface area contributed by atoms with E-state index in [9.17, 15) is 4.79 Å². The Morgan fingerprint density at radius 3 is 2.58 bits per heavy atom. The Morgan fingerprint density at radius 1 is 1.12 bits per heavy atom. The van der Waals surface area contributed by atoms with Crippen LogP contribution in [0.3, 0.4) is 0 Å². The van der Waals surface area contributed by atoms with E-state index in [1.165, 1.54) is 5.56 Å². The normalized spacial score (nSPS) is 14.7. The first-order valence-electron chi connectivity index (χ1n) is 11.4. The van der Waals surface area contributed by atoms with Crippen LogP contribution in [0.15, 0.2) is 52.4 Å². The fourth-order valence-corrected chi connectivity index (χ4v) is 4.52. The van der Waals surface area contributed by atoms with Crippen molar-refractivity contribution in [1.29, 1.82) is 10.9 Å². The van der Waals surface area contributed by atoms with Gasteiger partial charge in [0.15, 0.2) is 5.84 Å². The number of anilines is 1. The molecular formula is C25H31N7O. The van der Waals surface area contributed by atoms with E-state index in [2.05, 4.69) is 34.8 Å². The van der Waals surface area contributed by atoms with Gasteiger partial charge in [0.2, 0.25) is 0 Å². The summed E-state index contributed by atoms with van der Waals surface area (Å²) in [7, 11) is 0. The molecule has 1 saturated heterocycles. The van der Waals surface area contributed by atoms with E-state index >= 15 is 0 Å². The molecule has 4 rings (SSSR count). The van der Waals surface area contributed by atoms with E-state index in [0.717, 1.165) is 49.7 Å². The van der Waals surface area contributed by atoms with E-state index in [-0.39, 0.29) is 11.4 Å². The van der Waals surface area contributed by atoms with Gasteiger partial charge in [-0.25, -0.2) is 10.5 Å². The Bertz CT molecular complexity index is 1240. The lowest BCUT2D eigenvalue weighted by Gasteiger charge is -2.37. The summed E-state index contributed by atoms with van der Waals surface area (Å²) in [6, 6.07) is 13.5. The Labute approximate surface area is 193 Å². The van der Waals surface area contributed by atoms with E-state index < -0.39 is 0 Å². The predicted octanol–water partition coefficient (Wildman–Crippen LogP) is 3.88. The highest BCUT2D eigenvalue weighted by molar-refractivity contribution is 6.01. The minimum absolute atomic E-state index is 0.0142. The van der Waals surface area contributed by atoms with Crippen molar-refractivity contribution in [3.63, 3.8) is 0 Å². The molecule has 33 heavy (non-hydrogen) atoms. The average molecular weight is 446 g/mol. The Morgan fingerprint density at radius 2 is 1.88 bits per heavy atom. The topological polar surface area (TPSA) is 101 Å². The molecule has 3 heterocycles. The number of hydrogen-bond acceptors (Lipinski definition) is 6. The maximum absolute atomic E-state index is 12.6. The number of aromatic nitrogens is 2. The molecule has 0 amide bonds. The first-order valence-corrected chi connectivity index (χ1v) is 11.4. The van der Waals surface area contributed by atoms with E-state index in [1.54, 1.807) is 10.5 Å². The number of hydrogen-bond donors (Lipinski definition) is 2. The Balaban J connectivity index is 1.50. The lowest BCUT2D eigenvalue weighted by atomic mass is 9.99. The minimum Gasteiger partial charge on any atom is -0.368 e. The first-order chi connectivity index (χ1) is 15.9. The predicted molar refractivity (Wildman–Crippen MR) is 131 cm³/mol. The third kappa shape index (κ3) is 5.01. The zero-order chi connectivity index (χ0) is 23.5. The summed E-state index contributed by atoms with van der Waals surface area (Å²) in [5, 5.41) is 11.5. The molecule has 0 bridgehead atoms. The summed E-state index contributed by atoms with van der Waals surface area (Å²) >= 11 is 0. The molecular weight excluding hydrogens is 414 g/mol. The zero-order valence-electron chi connectivity index (χ0n) is 19.5. The molecule has 2 N–H and O–H groups in total. The standard InChI is InChI=1S/C25H31N7O/c1-17(2)13-19-7-8-21(25(26)29-27)22(14-19)31-11-9-30(10-12-31)16-20-15-24(33)32-18(3)5-4-6-23(32)28-20/h4-8,14-15,17,26-27H,9-13,16H2,1-3H3. The van der Waals surface area contributed by atoms with Gasteiger partial charge >= 0.3 is 0 Å². The van der Waals surface area contributed by atoms with Gasteiger partial charge < -0.3 is 4.90 Å². The van der Waals surface area contributed by atoms with Crippen LogP contribution in [0.5, 0.6) is 0 Å². The van der Waals surface area contributed by atoms with Crippen molar-refractivity contribution in [2.75, 3.05) is 31.1 Å². The molecule has 8 nitrogen and oxygen atoms in total. The van der Waals surface area contributed by atoms with E-state index in [0.29, 0.717) is 23.7 Å². The SMILES string of the molecule is Cc1cccc2nc(CN3CCN(c4cc(CC(C)C)ccc4C(=N)N=N)CC3)cc(=O)n12. The number of pyridine rings is 1. The molecule has 0 atom stereocenters. The van der Waals surface area contributed by atoms with Gasteiger partial charge in [0.25, 0.3) is 5.56 Å². The van der Waals surface area contributed by atoms with Gasteiger partial charge in [-0.2, -0.15) is 0 Å². The quantitative estimate of drug-likeness (QED) is 0.342. The van der Waals surface area contributed by atoms with E-state index in [4.69, 9.17) is 15.9 Å². The molecule has 8 heteroatoms. The second-order valence-corrected chi connectivity index (χ2v) is 9.12. The van der Waals surface area contributed by atoms with Crippen molar-refractivity contribution in [1.82, 2.24) is 14.3 Å². The van der Waals surface area contributed by atoms with Gasteiger partial charge in [0, 0.05) is 55.7 Å². The summed E-state index contributed by atoms with van der Waals surface area (Å²) in [5.41, 5.74) is 12.5. The van der Waals surface area contributed by atoms with Crippen LogP contribution in [-0.2, 0) is 13.0 Å². The maximum Gasteiger partial charge on any atom is 0.258 e. The third-order valence-electron chi connectivity index (χ3n) is 6.10. The number of amidine groups is 1. The Hall–Kier alpha value is -3.39. The monoisotopic (exact) mass is 445 g/mol. The first kappa shape index (κ1) is 22.8. The van der Waals surface area contributed by atoms with Crippen LogP contribution >= 0.6 is 0 Å². The number of piperazine rings is 1. The highest BCUT2D eigenvalue weighted by Crippen LogP contribution is 2.26. The number of nitrogens with zero attached hydrogens (tertiary/aromatic N) is 5. The summed E-state index contributed by atoms with van der Waals surface area (Å²) < 4.78 is 1.64. The van der Waals surface area contributed by atoms with Gasteiger partial charge in [-0.3, -0.25) is 19.5 Å². The van der Waals surface area contributed by atoms with Crippen molar-refractivity contribution in [2.45, 2.75) is 33.7 Å². The lowest BCUT2D eigenvalue weighted by Crippen LogP contribution is -2.46. The number of fused-ring (bicyclic) bond motifs is 1. The summed E-state index contributed by atoms with van der Waals surface area (Å²) in [4.78, 5) is 21.9. The smallest absolute Gasteiger partial charge is 0.258 e. The highest BCUT2D eigenvalue weighted by Gasteiger charge is 2.22. The third-order valence-corrected chi connectivity index (χ3v) is 6.10. The van der Waals surface area contributed by atoms with Crippen molar-refractivity contribution in [3.8, 4) is 0 Å². The largest absolute Gasteiger partial charge is 0.368 e. The maximum atomic E-state index is 12.6. The zero-order valence-corrected chi connectivity index (χ0v) is 19.5. The average Bonchev–Trinajstić information content (AvgIpc) is 2.78. The Kier molecular flexibility index (Phi) is 6.65. The van der Waals surface area contributed by atoms with Gasteiger partial charge in [-0.05, 0) is 49.1 Å². The highest BCUT2D eigenvalue weighted by atomic mass is 16.1. The molecule has 1 aliphatic rings. The molecule has 2 aromatic heterocycles. The molecule has 0 spiro atoms. The van der Waals surface area contributed by atoms with Crippen LogP contribution in [0.25, 0.3) is 5.65 Å². The molecule has 1 fully saturated rings. The van der Waals surface area contributed by atoms with Gasteiger partial charge in [-0.15, -0.1) is 5.11 Å². The van der Waals surface area contributed by atoms with Crippen LogP contribution < -0.4 is 10.5 Å². The van der Waals surface area contributed by atoms with Crippen LogP contribution in [0.1, 0.15) is 36.4 Å². The number of rotatable bonds is 6. The summed E-state index contributed by atoms with van der Waals surface area (Å²) in [6.07, 6.45) is 0.973. The number of benzene rings is 1. The van der Waals surface area contributed by atoms with Gasteiger partial charge in [0.1, 0.15) is 5.65 Å². The lowest BCUT2D eigenvalue weighted by molar-refractivity contribution is 0.247. The van der Waals surface area contributed by atoms with Crippen LogP contribution in [0.4, 0.5) is 5.69 Å². The summed E-state index contributed by atoms with van der Waals surface area (Å²) in [6.45, 7) is 10.2. The molecule has 172 valence electrons. The summed E-state index contributed by atoms with van der Waals surface area (Å²) in [5.74, 6) is 0.530. The fraction of sp³-hybridized carbons (Fsp3) is 0.400. The molecule has 0 radical (unpaired) electrons. The molecule has 3 aromatic rings. The van der Waals surface area contributed by atoms with E-state index in [1.807, 2.05) is 37.3 Å². The number of nitrogens with one attached hydrogen (secondary N) is 2.